The number of carbonyl (C=O) groups is 1. The van der Waals surface area contributed by atoms with Crippen LogP contribution in [0.25, 0.3) is 0 Å². The molecule has 2 aromatic rings. The van der Waals surface area contributed by atoms with Crippen molar-refractivity contribution in [3.8, 4) is 0 Å². The molecule has 1 atom stereocenters. The zero-order chi connectivity index (χ0) is 16.9. The van der Waals surface area contributed by atoms with Gasteiger partial charge in [0, 0.05) is 18.3 Å². The van der Waals surface area contributed by atoms with Gasteiger partial charge in [-0.2, -0.15) is 0 Å². The van der Waals surface area contributed by atoms with Crippen molar-refractivity contribution < 1.29 is 4.79 Å². The van der Waals surface area contributed by atoms with Crippen LogP contribution in [0, 0.1) is 0 Å². The number of amides is 1. The largest absolute Gasteiger partial charge is 0.350 e. The van der Waals surface area contributed by atoms with Crippen LogP contribution in [0.15, 0.2) is 54.7 Å². The van der Waals surface area contributed by atoms with Crippen molar-refractivity contribution in [2.75, 3.05) is 7.05 Å². The molecule has 0 saturated carbocycles. The van der Waals surface area contributed by atoms with Crippen LogP contribution in [0.4, 0.5) is 0 Å². The molecule has 1 unspecified atom stereocenters. The van der Waals surface area contributed by atoms with E-state index in [-0.39, 0.29) is 11.4 Å². The molecule has 23 heavy (non-hydrogen) atoms. The SMILES string of the molecule is CN(Cc1ccccc1)C(C(=O)NC(C)(C)C)c1ccccn1. The van der Waals surface area contributed by atoms with E-state index in [4.69, 9.17) is 0 Å². The normalized spacial score (nSPS) is 12.9. The van der Waals surface area contributed by atoms with Gasteiger partial charge in [0.1, 0.15) is 6.04 Å². The van der Waals surface area contributed by atoms with Gasteiger partial charge in [-0.05, 0) is 45.5 Å². The maximum atomic E-state index is 12.8. The molecule has 0 aliphatic carbocycles. The molecule has 0 saturated heterocycles. The molecule has 122 valence electrons. The quantitative estimate of drug-likeness (QED) is 0.922. The highest BCUT2D eigenvalue weighted by Crippen LogP contribution is 2.21. The Kier molecular flexibility index (Phi) is 5.50. The summed E-state index contributed by atoms with van der Waals surface area (Å²) in [5.74, 6) is -0.0327. The molecule has 0 radical (unpaired) electrons. The van der Waals surface area contributed by atoms with E-state index in [2.05, 4.69) is 22.4 Å². The molecule has 4 nitrogen and oxygen atoms in total. The first-order valence-electron chi connectivity index (χ1n) is 7.84. The smallest absolute Gasteiger partial charge is 0.243 e. The zero-order valence-corrected chi connectivity index (χ0v) is 14.3. The van der Waals surface area contributed by atoms with Gasteiger partial charge in [-0.15, -0.1) is 0 Å². The number of hydrogen-bond acceptors (Lipinski definition) is 3. The van der Waals surface area contributed by atoms with Crippen molar-refractivity contribution in [2.24, 2.45) is 0 Å². The summed E-state index contributed by atoms with van der Waals surface area (Å²) in [6.45, 7) is 6.63. The highest BCUT2D eigenvalue weighted by Gasteiger charge is 2.28. The minimum atomic E-state index is -0.421. The number of benzene rings is 1. The van der Waals surface area contributed by atoms with Crippen LogP contribution >= 0.6 is 0 Å². The highest BCUT2D eigenvalue weighted by molar-refractivity contribution is 5.83. The lowest BCUT2D eigenvalue weighted by Gasteiger charge is -2.30. The van der Waals surface area contributed by atoms with Crippen molar-refractivity contribution in [3.05, 3.63) is 66.0 Å². The average Bonchev–Trinajstić information content (AvgIpc) is 2.47. The fourth-order valence-electron chi connectivity index (χ4n) is 2.50. The van der Waals surface area contributed by atoms with Gasteiger partial charge in [0.2, 0.25) is 5.91 Å². The lowest BCUT2D eigenvalue weighted by molar-refractivity contribution is -0.128. The van der Waals surface area contributed by atoms with E-state index in [1.165, 1.54) is 5.56 Å². The molecule has 0 fully saturated rings. The first kappa shape index (κ1) is 17.2. The summed E-state index contributed by atoms with van der Waals surface area (Å²) in [6, 6.07) is 15.4. The minimum Gasteiger partial charge on any atom is -0.350 e. The van der Waals surface area contributed by atoms with E-state index < -0.39 is 6.04 Å². The number of likely N-dealkylation sites (N-methyl/N-ethyl adjacent to an activating group) is 1. The molecule has 4 heteroatoms. The maximum Gasteiger partial charge on any atom is 0.243 e. The summed E-state index contributed by atoms with van der Waals surface area (Å²) in [5, 5.41) is 3.06. The standard InChI is InChI=1S/C19H25N3O/c1-19(2,3)21-18(23)17(16-12-8-9-13-20-16)22(4)14-15-10-6-5-7-11-15/h5-13,17H,14H2,1-4H3,(H,21,23). The second-order valence-corrected chi connectivity index (χ2v) is 6.80. The van der Waals surface area contributed by atoms with Gasteiger partial charge in [-0.25, -0.2) is 0 Å². The third kappa shape index (κ3) is 5.18. The molecule has 2 rings (SSSR count). The van der Waals surface area contributed by atoms with Crippen LogP contribution in [0.2, 0.25) is 0 Å². The summed E-state index contributed by atoms with van der Waals surface area (Å²) in [6.07, 6.45) is 1.73. The Morgan fingerprint density at radius 2 is 1.78 bits per heavy atom. The number of rotatable bonds is 5. The number of aromatic nitrogens is 1. The number of hydrogen-bond donors (Lipinski definition) is 1. The predicted molar refractivity (Wildman–Crippen MR) is 92.8 cm³/mol. The van der Waals surface area contributed by atoms with Gasteiger partial charge in [0.25, 0.3) is 0 Å². The van der Waals surface area contributed by atoms with Crippen molar-refractivity contribution in [1.82, 2.24) is 15.2 Å². The van der Waals surface area contributed by atoms with E-state index in [0.717, 1.165) is 5.69 Å². The van der Waals surface area contributed by atoms with Gasteiger partial charge < -0.3 is 5.32 Å². The van der Waals surface area contributed by atoms with Crippen molar-refractivity contribution >= 4 is 5.91 Å². The van der Waals surface area contributed by atoms with E-state index >= 15 is 0 Å². The molecule has 1 N–H and O–H groups in total. The average molecular weight is 311 g/mol. The van der Waals surface area contributed by atoms with Gasteiger partial charge >= 0.3 is 0 Å². The molecule has 1 amide bonds. The number of nitrogens with zero attached hydrogens (tertiary/aromatic N) is 2. The fourth-order valence-corrected chi connectivity index (χ4v) is 2.50. The van der Waals surface area contributed by atoms with Crippen molar-refractivity contribution in [2.45, 2.75) is 38.9 Å². The van der Waals surface area contributed by atoms with Gasteiger partial charge in [-0.1, -0.05) is 36.4 Å². The van der Waals surface area contributed by atoms with Crippen LogP contribution in [-0.4, -0.2) is 28.4 Å². The predicted octanol–water partition coefficient (Wildman–Crippen LogP) is 3.17. The third-order valence-corrected chi connectivity index (χ3v) is 3.43. The topological polar surface area (TPSA) is 45.2 Å². The summed E-state index contributed by atoms with van der Waals surface area (Å²) >= 11 is 0. The molecular weight excluding hydrogens is 286 g/mol. The van der Waals surface area contributed by atoms with E-state index in [1.54, 1.807) is 6.20 Å². The monoisotopic (exact) mass is 311 g/mol. The molecule has 1 aromatic heterocycles. The Labute approximate surface area is 138 Å². The summed E-state index contributed by atoms with van der Waals surface area (Å²) in [5.41, 5.74) is 1.64. The first-order valence-corrected chi connectivity index (χ1v) is 7.84. The van der Waals surface area contributed by atoms with Crippen LogP contribution in [0.1, 0.15) is 38.1 Å². The molecular formula is C19H25N3O. The van der Waals surface area contributed by atoms with Crippen LogP contribution in [0.3, 0.4) is 0 Å². The number of carbonyl (C=O) groups excluding carboxylic acids is 1. The van der Waals surface area contributed by atoms with E-state index in [1.807, 2.05) is 69.1 Å². The fraction of sp³-hybridized carbons (Fsp3) is 0.368. The number of pyridine rings is 1. The van der Waals surface area contributed by atoms with Gasteiger partial charge in [0.15, 0.2) is 0 Å². The molecule has 1 heterocycles. The Morgan fingerprint density at radius 3 is 2.35 bits per heavy atom. The lowest BCUT2D eigenvalue weighted by atomic mass is 10.1. The second kappa shape index (κ2) is 7.38. The van der Waals surface area contributed by atoms with Crippen LogP contribution in [-0.2, 0) is 11.3 Å². The Bertz CT molecular complexity index is 620. The zero-order valence-electron chi connectivity index (χ0n) is 14.3. The number of nitrogens with one attached hydrogen (secondary N) is 1. The molecule has 0 aliphatic rings. The molecule has 0 aliphatic heterocycles. The summed E-state index contributed by atoms with van der Waals surface area (Å²) in [4.78, 5) is 19.2. The van der Waals surface area contributed by atoms with Crippen LogP contribution < -0.4 is 5.32 Å². The minimum absolute atomic E-state index is 0.0327. The first-order chi connectivity index (χ1) is 10.9. The molecule has 0 spiro atoms. The van der Waals surface area contributed by atoms with E-state index in [9.17, 15) is 4.79 Å². The van der Waals surface area contributed by atoms with Crippen LogP contribution in [0.5, 0.6) is 0 Å². The molecule has 1 aromatic carbocycles. The van der Waals surface area contributed by atoms with E-state index in [0.29, 0.717) is 6.54 Å². The lowest BCUT2D eigenvalue weighted by Crippen LogP contribution is -2.47. The summed E-state index contributed by atoms with van der Waals surface area (Å²) < 4.78 is 0. The van der Waals surface area contributed by atoms with Gasteiger partial charge in [-0.3, -0.25) is 14.7 Å². The summed E-state index contributed by atoms with van der Waals surface area (Å²) in [7, 11) is 1.95. The second-order valence-electron chi connectivity index (χ2n) is 6.80. The Hall–Kier alpha value is -2.20. The maximum absolute atomic E-state index is 12.8. The van der Waals surface area contributed by atoms with Crippen molar-refractivity contribution in [3.63, 3.8) is 0 Å². The Balaban J connectivity index is 2.24. The molecule has 0 bridgehead atoms. The van der Waals surface area contributed by atoms with Crippen molar-refractivity contribution in [1.29, 1.82) is 0 Å². The van der Waals surface area contributed by atoms with Gasteiger partial charge in [0.05, 0.1) is 5.69 Å². The Morgan fingerprint density at radius 1 is 1.13 bits per heavy atom. The third-order valence-electron chi connectivity index (χ3n) is 3.43. The highest BCUT2D eigenvalue weighted by atomic mass is 16.2.